The Morgan fingerprint density at radius 1 is 1.14 bits per heavy atom. The Bertz CT molecular complexity index is 1090. The second kappa shape index (κ2) is 6.57. The number of sulfone groups is 1. The molecule has 1 saturated heterocycles. The van der Waals surface area contributed by atoms with Gasteiger partial charge in [-0.3, -0.25) is 4.79 Å². The third kappa shape index (κ3) is 3.48. The van der Waals surface area contributed by atoms with Crippen molar-refractivity contribution in [3.8, 4) is 5.75 Å². The molecule has 2 aliphatic heterocycles. The fraction of sp³-hybridized carbons (Fsp3) is 0.409. The molecule has 0 aromatic heterocycles. The fourth-order valence-electron chi connectivity index (χ4n) is 4.23. The minimum Gasteiger partial charge on any atom is -0.468 e. The molecule has 0 saturated carbocycles. The van der Waals surface area contributed by atoms with E-state index in [-0.39, 0.29) is 10.3 Å². The van der Waals surface area contributed by atoms with Crippen LogP contribution in [0.2, 0.25) is 0 Å². The molecule has 2 aromatic carbocycles. The topological polar surface area (TPSA) is 72.5 Å². The first-order valence-electron chi connectivity index (χ1n) is 9.56. The van der Waals surface area contributed by atoms with Gasteiger partial charge in [0.2, 0.25) is 5.91 Å². The Hall–Kier alpha value is -1.86. The van der Waals surface area contributed by atoms with E-state index in [1.54, 1.807) is 19.1 Å². The van der Waals surface area contributed by atoms with E-state index in [9.17, 15) is 13.2 Å². The molecule has 0 aliphatic carbocycles. The van der Waals surface area contributed by atoms with Gasteiger partial charge in [-0.1, -0.05) is 48.8 Å². The number of carbonyl (C=O) groups is 1. The number of ether oxygens (including phenoxy) is 1. The van der Waals surface area contributed by atoms with Crippen LogP contribution < -0.4 is 10.1 Å². The van der Waals surface area contributed by atoms with Crippen molar-refractivity contribution in [2.45, 2.75) is 61.3 Å². The normalized spacial score (nSPS) is 26.3. The van der Waals surface area contributed by atoms with Gasteiger partial charge < -0.3 is 10.1 Å². The molecule has 1 amide bonds. The van der Waals surface area contributed by atoms with Crippen LogP contribution in [0.4, 0.5) is 0 Å². The van der Waals surface area contributed by atoms with Crippen molar-refractivity contribution >= 4 is 31.7 Å². The fourth-order valence-corrected chi connectivity index (χ4v) is 6.43. The highest BCUT2D eigenvalue weighted by Gasteiger charge is 2.54. The molecule has 5 nitrogen and oxygen atoms in total. The number of hydrogen-bond donors (Lipinski definition) is 1. The molecule has 2 bridgehead atoms. The van der Waals surface area contributed by atoms with Gasteiger partial charge in [0.1, 0.15) is 5.75 Å². The van der Waals surface area contributed by atoms with Gasteiger partial charge in [-0.15, -0.1) is 0 Å². The zero-order chi connectivity index (χ0) is 21.2. The van der Waals surface area contributed by atoms with Gasteiger partial charge in [0.05, 0.1) is 4.90 Å². The quantitative estimate of drug-likeness (QED) is 0.699. The maximum absolute atomic E-state index is 13.5. The maximum Gasteiger partial charge on any atom is 0.242 e. The summed E-state index contributed by atoms with van der Waals surface area (Å²) in [5.74, 6) is -0.396. The van der Waals surface area contributed by atoms with E-state index < -0.39 is 32.6 Å². The molecular weight excluding hydrogens is 454 g/mol. The van der Waals surface area contributed by atoms with Crippen LogP contribution in [0.1, 0.15) is 51.2 Å². The van der Waals surface area contributed by atoms with Gasteiger partial charge in [0.15, 0.2) is 20.8 Å². The SMILES string of the molecule is CC(C)(C)c1ccc(S(=O)(=O)[C@H]2C(=O)N[C@]3(C)C[C@H]2c2cc(Br)ccc2O3)cc1. The Morgan fingerprint density at radius 3 is 2.41 bits per heavy atom. The lowest BCUT2D eigenvalue weighted by Gasteiger charge is -2.46. The van der Waals surface area contributed by atoms with Crippen molar-refractivity contribution in [3.63, 3.8) is 0 Å². The lowest BCUT2D eigenvalue weighted by molar-refractivity contribution is -0.132. The van der Waals surface area contributed by atoms with E-state index in [1.807, 2.05) is 30.3 Å². The van der Waals surface area contributed by atoms with Gasteiger partial charge in [0.25, 0.3) is 0 Å². The van der Waals surface area contributed by atoms with Crippen LogP contribution in [0.25, 0.3) is 0 Å². The molecule has 154 valence electrons. The highest BCUT2D eigenvalue weighted by atomic mass is 79.9. The van der Waals surface area contributed by atoms with Gasteiger partial charge in [0, 0.05) is 22.4 Å². The third-order valence-corrected chi connectivity index (χ3v) is 8.34. The number of hydrogen-bond acceptors (Lipinski definition) is 4. The molecule has 0 radical (unpaired) electrons. The summed E-state index contributed by atoms with van der Waals surface area (Å²) in [5.41, 5.74) is 0.784. The van der Waals surface area contributed by atoms with Gasteiger partial charge in [-0.05, 0) is 48.2 Å². The summed E-state index contributed by atoms with van der Waals surface area (Å²) < 4.78 is 33.9. The monoisotopic (exact) mass is 477 g/mol. The summed E-state index contributed by atoms with van der Waals surface area (Å²) in [4.78, 5) is 13.1. The van der Waals surface area contributed by atoms with E-state index in [2.05, 4.69) is 42.0 Å². The van der Waals surface area contributed by atoms with E-state index in [0.29, 0.717) is 12.2 Å². The van der Waals surface area contributed by atoms with Crippen molar-refractivity contribution in [2.24, 2.45) is 0 Å². The molecule has 3 atom stereocenters. The van der Waals surface area contributed by atoms with E-state index >= 15 is 0 Å². The summed E-state index contributed by atoms with van der Waals surface area (Å²) >= 11 is 3.44. The maximum atomic E-state index is 13.5. The van der Waals surface area contributed by atoms with Crippen LogP contribution in [0, 0.1) is 0 Å². The number of nitrogens with one attached hydrogen (secondary N) is 1. The number of carbonyl (C=O) groups excluding carboxylic acids is 1. The third-order valence-electron chi connectivity index (χ3n) is 5.71. The average molecular weight is 478 g/mol. The Morgan fingerprint density at radius 2 is 1.79 bits per heavy atom. The molecule has 0 spiro atoms. The molecule has 1 fully saturated rings. The van der Waals surface area contributed by atoms with E-state index in [1.165, 1.54) is 0 Å². The first-order chi connectivity index (χ1) is 13.4. The van der Waals surface area contributed by atoms with Gasteiger partial charge in [-0.25, -0.2) is 8.42 Å². The lowest BCUT2D eigenvalue weighted by Crippen LogP contribution is -2.63. The number of amides is 1. The number of rotatable bonds is 2. The predicted molar refractivity (Wildman–Crippen MR) is 115 cm³/mol. The highest BCUT2D eigenvalue weighted by molar-refractivity contribution is 9.10. The molecule has 7 heteroatoms. The van der Waals surface area contributed by atoms with Gasteiger partial charge >= 0.3 is 0 Å². The highest BCUT2D eigenvalue weighted by Crippen LogP contribution is 2.47. The number of fused-ring (bicyclic) bond motifs is 4. The Kier molecular flexibility index (Phi) is 4.63. The molecule has 2 heterocycles. The zero-order valence-corrected chi connectivity index (χ0v) is 19.2. The second-order valence-corrected chi connectivity index (χ2v) is 12.0. The summed E-state index contributed by atoms with van der Waals surface area (Å²) in [6.07, 6.45) is 0.395. The zero-order valence-electron chi connectivity index (χ0n) is 16.8. The lowest BCUT2D eigenvalue weighted by atomic mass is 9.81. The second-order valence-electron chi connectivity index (χ2n) is 9.05. The van der Waals surface area contributed by atoms with E-state index in [0.717, 1.165) is 15.6 Å². The van der Waals surface area contributed by atoms with Crippen LogP contribution in [-0.4, -0.2) is 25.3 Å². The molecule has 2 aliphatic rings. The van der Waals surface area contributed by atoms with Crippen molar-refractivity contribution in [3.05, 3.63) is 58.1 Å². The van der Waals surface area contributed by atoms with Crippen LogP contribution in [0.3, 0.4) is 0 Å². The largest absolute Gasteiger partial charge is 0.468 e. The molecular formula is C22H24BrNO4S. The first kappa shape index (κ1) is 20.4. The van der Waals surface area contributed by atoms with Crippen LogP contribution in [-0.2, 0) is 20.0 Å². The minimum absolute atomic E-state index is 0.0851. The summed E-state index contributed by atoms with van der Waals surface area (Å²) in [6.45, 7) is 8.00. The molecule has 4 rings (SSSR count). The standard InChI is InChI=1S/C22H24BrNO4S/c1-21(2,3)13-5-8-15(9-6-13)29(26,27)19-17-12-22(4,24-20(19)25)28-18-10-7-14(23)11-16(17)18/h5-11,17,19H,12H2,1-4H3,(H,24,25)/t17-,19+,22-/m0/s1. The number of benzene rings is 2. The van der Waals surface area contributed by atoms with Crippen LogP contribution in [0.5, 0.6) is 5.75 Å². The smallest absolute Gasteiger partial charge is 0.242 e. The molecule has 29 heavy (non-hydrogen) atoms. The van der Waals surface area contributed by atoms with Crippen LogP contribution in [0.15, 0.2) is 51.8 Å². The van der Waals surface area contributed by atoms with Crippen molar-refractivity contribution < 1.29 is 17.9 Å². The number of piperidine rings is 1. The minimum atomic E-state index is -3.89. The molecule has 0 unspecified atom stereocenters. The Labute approximate surface area is 179 Å². The average Bonchev–Trinajstić information content (AvgIpc) is 2.61. The first-order valence-corrected chi connectivity index (χ1v) is 11.9. The summed E-state index contributed by atoms with van der Waals surface area (Å²) in [5, 5.41) is 1.59. The van der Waals surface area contributed by atoms with Gasteiger partial charge in [-0.2, -0.15) is 0 Å². The summed E-state index contributed by atoms with van der Waals surface area (Å²) in [6, 6.07) is 12.4. The van der Waals surface area contributed by atoms with Crippen molar-refractivity contribution in [1.29, 1.82) is 0 Å². The number of halogens is 1. The van der Waals surface area contributed by atoms with Crippen molar-refractivity contribution in [2.75, 3.05) is 0 Å². The molecule has 2 aromatic rings. The van der Waals surface area contributed by atoms with Crippen LogP contribution >= 0.6 is 15.9 Å². The predicted octanol–water partition coefficient (Wildman–Crippen LogP) is 4.30. The molecule has 1 N–H and O–H groups in total. The summed E-state index contributed by atoms with van der Waals surface area (Å²) in [7, 11) is -3.89. The Balaban J connectivity index is 1.80. The van der Waals surface area contributed by atoms with E-state index in [4.69, 9.17) is 4.74 Å². The van der Waals surface area contributed by atoms with Crippen molar-refractivity contribution in [1.82, 2.24) is 5.32 Å².